The number of nitrogens with two attached hydrogens (primary N) is 1. The van der Waals surface area contributed by atoms with Gasteiger partial charge in [0.2, 0.25) is 5.91 Å². The van der Waals surface area contributed by atoms with E-state index in [4.69, 9.17) is 5.73 Å². The molecule has 1 aliphatic rings. The van der Waals surface area contributed by atoms with Gasteiger partial charge in [-0.1, -0.05) is 48.5 Å². The number of hydrogen-bond donors (Lipinski definition) is 1. The Bertz CT molecular complexity index is 697. The number of anilines is 1. The second-order valence-corrected chi connectivity index (χ2v) is 6.69. The molecule has 0 radical (unpaired) electrons. The molecule has 0 unspecified atom stereocenters. The number of rotatable bonds is 5. The molecule has 1 fully saturated rings. The van der Waals surface area contributed by atoms with Gasteiger partial charge in [-0.3, -0.25) is 9.69 Å². The molecule has 6 heteroatoms. The average molecular weight is 410 g/mol. The Morgan fingerprint density at radius 3 is 2.33 bits per heavy atom. The standard InChI is InChI=1S/C21H27N3O.2ClH/c22-20-10-5-4-9-19(20)11-12-21(25)24-14-6-13-23(15-16-24)17-18-7-2-1-3-8-18;;/h1-5,7-10H,6,11-17,22H2;2*1H. The summed E-state index contributed by atoms with van der Waals surface area (Å²) in [6, 6.07) is 18.3. The number of amides is 1. The molecule has 27 heavy (non-hydrogen) atoms. The number of hydrogen-bond acceptors (Lipinski definition) is 3. The van der Waals surface area contributed by atoms with Crippen molar-refractivity contribution in [3.63, 3.8) is 0 Å². The predicted octanol–water partition coefficient (Wildman–Crippen LogP) is 3.78. The third-order valence-corrected chi connectivity index (χ3v) is 4.85. The van der Waals surface area contributed by atoms with Gasteiger partial charge in [0.05, 0.1) is 0 Å². The molecule has 3 rings (SSSR count). The van der Waals surface area contributed by atoms with Crippen molar-refractivity contribution in [2.45, 2.75) is 25.8 Å². The smallest absolute Gasteiger partial charge is 0.222 e. The Morgan fingerprint density at radius 2 is 1.59 bits per heavy atom. The highest BCUT2D eigenvalue weighted by molar-refractivity contribution is 5.85. The van der Waals surface area contributed by atoms with E-state index >= 15 is 0 Å². The zero-order valence-electron chi connectivity index (χ0n) is 15.5. The lowest BCUT2D eigenvalue weighted by molar-refractivity contribution is -0.131. The van der Waals surface area contributed by atoms with Crippen LogP contribution in [0.1, 0.15) is 24.0 Å². The van der Waals surface area contributed by atoms with Gasteiger partial charge in [-0.25, -0.2) is 0 Å². The summed E-state index contributed by atoms with van der Waals surface area (Å²) in [4.78, 5) is 17.0. The first kappa shape index (κ1) is 23.3. The van der Waals surface area contributed by atoms with Crippen LogP contribution in [-0.4, -0.2) is 41.9 Å². The van der Waals surface area contributed by atoms with Crippen molar-refractivity contribution in [1.29, 1.82) is 0 Å². The first-order valence-electron chi connectivity index (χ1n) is 9.10. The Morgan fingerprint density at radius 1 is 0.889 bits per heavy atom. The van der Waals surface area contributed by atoms with Crippen LogP contribution in [0.25, 0.3) is 0 Å². The summed E-state index contributed by atoms with van der Waals surface area (Å²) in [6.45, 7) is 4.62. The highest BCUT2D eigenvalue weighted by Crippen LogP contribution is 2.15. The summed E-state index contributed by atoms with van der Waals surface area (Å²) in [7, 11) is 0. The molecule has 0 bridgehead atoms. The summed E-state index contributed by atoms with van der Waals surface area (Å²) in [5, 5.41) is 0. The summed E-state index contributed by atoms with van der Waals surface area (Å²) in [5.41, 5.74) is 9.15. The second kappa shape index (κ2) is 11.9. The molecule has 148 valence electrons. The largest absolute Gasteiger partial charge is 0.399 e. The fraction of sp³-hybridized carbons (Fsp3) is 0.381. The van der Waals surface area contributed by atoms with E-state index in [1.165, 1.54) is 5.56 Å². The zero-order chi connectivity index (χ0) is 17.5. The van der Waals surface area contributed by atoms with Gasteiger partial charge in [-0.05, 0) is 30.0 Å². The Labute approximate surface area is 174 Å². The molecule has 1 aliphatic heterocycles. The topological polar surface area (TPSA) is 49.6 Å². The monoisotopic (exact) mass is 409 g/mol. The van der Waals surface area contributed by atoms with Gasteiger partial charge in [0.15, 0.2) is 0 Å². The van der Waals surface area contributed by atoms with E-state index in [-0.39, 0.29) is 30.7 Å². The normalized spacial score (nSPS) is 14.6. The maximum absolute atomic E-state index is 12.6. The molecule has 1 amide bonds. The minimum atomic E-state index is 0. The zero-order valence-corrected chi connectivity index (χ0v) is 17.2. The van der Waals surface area contributed by atoms with Crippen molar-refractivity contribution in [3.8, 4) is 0 Å². The summed E-state index contributed by atoms with van der Waals surface area (Å²) in [5.74, 6) is 0.241. The summed E-state index contributed by atoms with van der Waals surface area (Å²) in [6.07, 6.45) is 2.29. The quantitative estimate of drug-likeness (QED) is 0.764. The number of nitrogens with zero attached hydrogens (tertiary/aromatic N) is 2. The van der Waals surface area contributed by atoms with E-state index in [9.17, 15) is 4.79 Å². The number of halogens is 2. The highest BCUT2D eigenvalue weighted by Gasteiger charge is 2.19. The SMILES string of the molecule is Cl.Cl.Nc1ccccc1CCC(=O)N1CCCN(Cc2ccccc2)CC1. The molecular weight excluding hydrogens is 381 g/mol. The van der Waals surface area contributed by atoms with Crippen LogP contribution in [0.15, 0.2) is 54.6 Å². The molecule has 0 saturated carbocycles. The Hall–Kier alpha value is -1.75. The van der Waals surface area contributed by atoms with Crippen LogP contribution in [0.4, 0.5) is 5.69 Å². The summed E-state index contributed by atoms with van der Waals surface area (Å²) < 4.78 is 0. The van der Waals surface area contributed by atoms with E-state index in [0.29, 0.717) is 6.42 Å². The van der Waals surface area contributed by atoms with Gasteiger partial charge in [0.25, 0.3) is 0 Å². The molecule has 0 spiro atoms. The van der Waals surface area contributed by atoms with Crippen LogP contribution >= 0.6 is 24.8 Å². The van der Waals surface area contributed by atoms with Crippen LogP contribution in [0.5, 0.6) is 0 Å². The van der Waals surface area contributed by atoms with E-state index in [1.54, 1.807) is 0 Å². The van der Waals surface area contributed by atoms with Crippen molar-refractivity contribution in [2.24, 2.45) is 0 Å². The van der Waals surface area contributed by atoms with Crippen molar-refractivity contribution in [1.82, 2.24) is 9.80 Å². The third-order valence-electron chi connectivity index (χ3n) is 4.85. The lowest BCUT2D eigenvalue weighted by Crippen LogP contribution is -2.35. The number of benzene rings is 2. The van der Waals surface area contributed by atoms with Gasteiger partial charge in [-0.2, -0.15) is 0 Å². The fourth-order valence-electron chi connectivity index (χ4n) is 3.38. The van der Waals surface area contributed by atoms with E-state index in [1.807, 2.05) is 35.2 Å². The number of carbonyl (C=O) groups is 1. The first-order valence-corrected chi connectivity index (χ1v) is 9.10. The number of nitrogen functional groups attached to an aromatic ring is 1. The number of para-hydroxylation sites is 1. The van der Waals surface area contributed by atoms with Crippen LogP contribution < -0.4 is 5.73 Å². The molecule has 2 N–H and O–H groups in total. The lowest BCUT2D eigenvalue weighted by atomic mass is 10.1. The molecule has 4 nitrogen and oxygen atoms in total. The highest BCUT2D eigenvalue weighted by atomic mass is 35.5. The molecule has 0 aliphatic carbocycles. The molecule has 2 aromatic rings. The van der Waals surface area contributed by atoms with Crippen LogP contribution in [0.3, 0.4) is 0 Å². The summed E-state index contributed by atoms with van der Waals surface area (Å²) >= 11 is 0. The Kier molecular flexibility index (Phi) is 10.2. The van der Waals surface area contributed by atoms with E-state index < -0.39 is 0 Å². The maximum atomic E-state index is 12.6. The molecule has 0 atom stereocenters. The van der Waals surface area contributed by atoms with Crippen LogP contribution in [0, 0.1) is 0 Å². The number of aryl methyl sites for hydroxylation is 1. The van der Waals surface area contributed by atoms with Crippen molar-refractivity contribution in [3.05, 3.63) is 65.7 Å². The third kappa shape index (κ3) is 7.06. The maximum Gasteiger partial charge on any atom is 0.222 e. The molecule has 1 saturated heterocycles. The van der Waals surface area contributed by atoms with Crippen molar-refractivity contribution < 1.29 is 4.79 Å². The molecule has 0 aromatic heterocycles. The molecule has 1 heterocycles. The van der Waals surface area contributed by atoms with Gasteiger partial charge in [0.1, 0.15) is 0 Å². The fourth-order valence-corrected chi connectivity index (χ4v) is 3.38. The van der Waals surface area contributed by atoms with E-state index in [2.05, 4.69) is 29.2 Å². The molecular formula is C21H29Cl2N3O. The second-order valence-electron chi connectivity index (χ2n) is 6.69. The van der Waals surface area contributed by atoms with Gasteiger partial charge >= 0.3 is 0 Å². The van der Waals surface area contributed by atoms with Crippen LogP contribution in [0.2, 0.25) is 0 Å². The van der Waals surface area contributed by atoms with E-state index in [0.717, 1.165) is 56.8 Å². The van der Waals surface area contributed by atoms with Gasteiger partial charge < -0.3 is 10.6 Å². The van der Waals surface area contributed by atoms with Gasteiger partial charge in [-0.15, -0.1) is 24.8 Å². The lowest BCUT2D eigenvalue weighted by Gasteiger charge is -2.22. The predicted molar refractivity (Wildman–Crippen MR) is 117 cm³/mol. The Balaban J connectivity index is 0.00000182. The van der Waals surface area contributed by atoms with Crippen LogP contribution in [-0.2, 0) is 17.8 Å². The molecule has 2 aromatic carbocycles. The van der Waals surface area contributed by atoms with Gasteiger partial charge in [0, 0.05) is 44.8 Å². The van der Waals surface area contributed by atoms with Crippen molar-refractivity contribution in [2.75, 3.05) is 31.9 Å². The minimum Gasteiger partial charge on any atom is -0.399 e. The van der Waals surface area contributed by atoms with Crippen molar-refractivity contribution >= 4 is 36.4 Å². The number of carbonyl (C=O) groups excluding carboxylic acids is 1. The first-order chi connectivity index (χ1) is 12.2. The average Bonchev–Trinajstić information content (AvgIpc) is 2.87. The minimum absolute atomic E-state index is 0.